The lowest BCUT2D eigenvalue weighted by Gasteiger charge is -2.22. The van der Waals surface area contributed by atoms with Gasteiger partial charge < -0.3 is 10.1 Å². The fourth-order valence-corrected chi connectivity index (χ4v) is 6.04. The molecule has 0 bridgehead atoms. The number of amides is 2. The molecule has 6 rings (SSSR count). The predicted molar refractivity (Wildman–Crippen MR) is 162 cm³/mol. The van der Waals surface area contributed by atoms with Crippen LogP contribution in [0.2, 0.25) is 0 Å². The summed E-state index contributed by atoms with van der Waals surface area (Å²) in [7, 11) is 0. The quantitative estimate of drug-likeness (QED) is 0.201. The van der Waals surface area contributed by atoms with Crippen LogP contribution in [-0.4, -0.2) is 33.5 Å². The first-order chi connectivity index (χ1) is 20.6. The second-order valence-corrected chi connectivity index (χ2v) is 11.2. The highest BCUT2D eigenvalue weighted by Gasteiger charge is 2.31. The van der Waals surface area contributed by atoms with Crippen molar-refractivity contribution in [2.45, 2.75) is 26.1 Å². The number of carbonyl (C=O) groups is 2. The number of thioether (sulfide) groups is 1. The second kappa shape index (κ2) is 11.1. The van der Waals surface area contributed by atoms with E-state index in [1.165, 1.54) is 42.1 Å². The van der Waals surface area contributed by atoms with Crippen LogP contribution in [0.1, 0.15) is 25.3 Å². The fourth-order valence-electron chi connectivity index (χ4n) is 5.12. The van der Waals surface area contributed by atoms with E-state index < -0.39 is 6.36 Å². The minimum absolute atomic E-state index is 0.0723. The molecule has 0 atom stereocenters. The van der Waals surface area contributed by atoms with Gasteiger partial charge in [-0.3, -0.25) is 19.1 Å². The van der Waals surface area contributed by atoms with Crippen molar-refractivity contribution in [2.24, 2.45) is 0 Å². The number of ether oxygens (including phenoxy) is 1. The van der Waals surface area contributed by atoms with Crippen LogP contribution in [0.3, 0.4) is 0 Å². The lowest BCUT2D eigenvalue weighted by molar-refractivity contribution is -0.274. The Balaban J connectivity index is 1.23. The minimum atomic E-state index is -4.76. The summed E-state index contributed by atoms with van der Waals surface area (Å²) in [6, 6.07) is 22.5. The average molecular weight is 603 g/mol. The number of halogens is 3. The molecule has 0 radical (unpaired) electrons. The van der Waals surface area contributed by atoms with Gasteiger partial charge in [-0.1, -0.05) is 55.9 Å². The first kappa shape index (κ1) is 28.4. The van der Waals surface area contributed by atoms with E-state index in [0.717, 1.165) is 27.5 Å². The van der Waals surface area contributed by atoms with Crippen LogP contribution in [-0.2, 0) is 9.59 Å². The molecular formula is C32H25F3N4O3S. The third-order valence-corrected chi connectivity index (χ3v) is 8.00. The number of hydrogen-bond donors (Lipinski definition) is 1. The number of hydrogen-bond acceptors (Lipinski definition) is 5. The lowest BCUT2D eigenvalue weighted by atomic mass is 10.0. The highest BCUT2D eigenvalue weighted by atomic mass is 32.2. The van der Waals surface area contributed by atoms with Crippen molar-refractivity contribution in [1.82, 2.24) is 9.55 Å². The molecule has 43 heavy (non-hydrogen) atoms. The van der Waals surface area contributed by atoms with E-state index in [-0.39, 0.29) is 29.2 Å². The Morgan fingerprint density at radius 1 is 1.05 bits per heavy atom. The fraction of sp³-hybridized carbons (Fsp3) is 0.156. The Hall–Kier alpha value is -4.77. The van der Waals surface area contributed by atoms with Gasteiger partial charge in [-0.2, -0.15) is 0 Å². The number of para-hydroxylation sites is 1. The van der Waals surface area contributed by atoms with Gasteiger partial charge in [0.1, 0.15) is 12.1 Å². The molecule has 7 nitrogen and oxygen atoms in total. The number of imidazole rings is 1. The Bertz CT molecular complexity index is 1900. The predicted octanol–water partition coefficient (Wildman–Crippen LogP) is 7.76. The van der Waals surface area contributed by atoms with Crippen molar-refractivity contribution in [3.8, 4) is 11.4 Å². The van der Waals surface area contributed by atoms with Crippen LogP contribution in [0, 0.1) is 0 Å². The molecule has 1 aromatic heterocycles. The molecule has 5 aromatic rings. The number of rotatable bonds is 6. The van der Waals surface area contributed by atoms with Crippen molar-refractivity contribution in [3.05, 3.63) is 102 Å². The molecule has 2 amide bonds. The van der Waals surface area contributed by atoms with E-state index >= 15 is 0 Å². The Labute approximate surface area is 249 Å². The number of alkyl halides is 3. The summed E-state index contributed by atoms with van der Waals surface area (Å²) < 4.78 is 43.3. The van der Waals surface area contributed by atoms with Crippen LogP contribution in [0.4, 0.5) is 24.5 Å². The van der Waals surface area contributed by atoms with Gasteiger partial charge in [0.15, 0.2) is 0 Å². The largest absolute Gasteiger partial charge is 0.573 e. The molecule has 0 spiro atoms. The first-order valence-electron chi connectivity index (χ1n) is 13.4. The molecule has 1 fully saturated rings. The second-order valence-electron chi connectivity index (χ2n) is 10.2. The first-order valence-corrected chi connectivity index (χ1v) is 14.4. The minimum Gasteiger partial charge on any atom is -0.406 e. The van der Waals surface area contributed by atoms with Gasteiger partial charge >= 0.3 is 6.36 Å². The monoisotopic (exact) mass is 602 g/mol. The molecule has 11 heteroatoms. The summed E-state index contributed by atoms with van der Waals surface area (Å²) in [5.41, 5.74) is 4.49. The Kier molecular flexibility index (Phi) is 7.35. The molecule has 0 unspecified atom stereocenters. The van der Waals surface area contributed by atoms with Crippen LogP contribution >= 0.6 is 11.8 Å². The normalized spacial score (nSPS) is 14.8. The lowest BCUT2D eigenvalue weighted by Crippen LogP contribution is -2.26. The van der Waals surface area contributed by atoms with Gasteiger partial charge in [-0.05, 0) is 65.4 Å². The zero-order valence-corrected chi connectivity index (χ0v) is 23.9. The molecule has 0 aliphatic carbocycles. The summed E-state index contributed by atoms with van der Waals surface area (Å²) in [5, 5.41) is 5.16. The van der Waals surface area contributed by atoms with Gasteiger partial charge in [0.25, 0.3) is 5.91 Å². The average Bonchev–Trinajstić information content (AvgIpc) is 3.55. The van der Waals surface area contributed by atoms with Gasteiger partial charge in [0.05, 0.1) is 27.5 Å². The smallest absolute Gasteiger partial charge is 0.406 e. The number of carbonyl (C=O) groups excluding carboxylic acids is 2. The van der Waals surface area contributed by atoms with E-state index in [1.807, 2.05) is 48.5 Å². The van der Waals surface area contributed by atoms with E-state index in [0.29, 0.717) is 21.9 Å². The maximum Gasteiger partial charge on any atom is 0.573 e. The molecular weight excluding hydrogens is 577 g/mol. The summed E-state index contributed by atoms with van der Waals surface area (Å²) in [4.78, 5) is 32.0. The molecule has 1 aliphatic heterocycles. The molecule has 1 aliphatic rings. The summed E-state index contributed by atoms with van der Waals surface area (Å²) in [5.74, 6) is -0.264. The summed E-state index contributed by atoms with van der Waals surface area (Å²) in [6.07, 6.45) is -1.70. The van der Waals surface area contributed by atoms with Gasteiger partial charge in [0, 0.05) is 22.8 Å². The number of fused-ring (bicyclic) bond motifs is 3. The maximum absolute atomic E-state index is 13.1. The van der Waals surface area contributed by atoms with Gasteiger partial charge in [0.2, 0.25) is 5.91 Å². The summed E-state index contributed by atoms with van der Waals surface area (Å²) >= 11 is 1.33. The van der Waals surface area contributed by atoms with Gasteiger partial charge in [-0.25, -0.2) is 4.98 Å². The Morgan fingerprint density at radius 2 is 1.81 bits per heavy atom. The molecule has 2 heterocycles. The van der Waals surface area contributed by atoms with Crippen molar-refractivity contribution in [2.75, 3.05) is 16.0 Å². The SMILES string of the molecule is CC(C)c1ccccc1N1C(=O)CSC1=CC(=O)Nc1ccc2c(ccc3c2ncn3-c2ccc(OC(F)(F)F)cc2)c1. The molecule has 1 N–H and O–H groups in total. The third-order valence-electron chi connectivity index (χ3n) is 7.02. The van der Waals surface area contributed by atoms with E-state index in [4.69, 9.17) is 0 Å². The van der Waals surface area contributed by atoms with Crippen LogP contribution < -0.4 is 15.0 Å². The van der Waals surface area contributed by atoms with E-state index in [2.05, 4.69) is 28.9 Å². The van der Waals surface area contributed by atoms with Crippen LogP contribution in [0.25, 0.3) is 27.5 Å². The van der Waals surface area contributed by atoms with Crippen molar-refractivity contribution < 1.29 is 27.5 Å². The number of nitrogens with zero attached hydrogens (tertiary/aromatic N) is 3. The molecule has 218 valence electrons. The van der Waals surface area contributed by atoms with Crippen LogP contribution in [0.15, 0.2) is 96.3 Å². The number of anilines is 2. The highest BCUT2D eigenvalue weighted by Crippen LogP contribution is 2.38. The topological polar surface area (TPSA) is 76.5 Å². The third kappa shape index (κ3) is 5.80. The number of aromatic nitrogens is 2. The van der Waals surface area contributed by atoms with Gasteiger partial charge in [-0.15, -0.1) is 13.2 Å². The van der Waals surface area contributed by atoms with E-state index in [9.17, 15) is 22.8 Å². The Morgan fingerprint density at radius 3 is 2.56 bits per heavy atom. The molecule has 0 saturated carbocycles. The van der Waals surface area contributed by atoms with Crippen molar-refractivity contribution in [3.63, 3.8) is 0 Å². The highest BCUT2D eigenvalue weighted by molar-refractivity contribution is 8.04. The standard InChI is InChI=1S/C32H25F3N4O3S/c1-19(2)24-5-3-4-6-26(24)39-29(41)17-43-30(39)16-28(40)37-21-8-13-25-20(15-21)7-14-27-31(25)36-18-38(27)22-9-11-23(12-10-22)42-32(33,34)35/h3-16,18-19H,17H2,1-2H3,(H,37,40). The van der Waals surface area contributed by atoms with E-state index in [1.54, 1.807) is 21.9 Å². The maximum atomic E-state index is 13.1. The molecule has 1 saturated heterocycles. The summed E-state index contributed by atoms with van der Waals surface area (Å²) in [6.45, 7) is 4.13. The van der Waals surface area contributed by atoms with Crippen molar-refractivity contribution in [1.29, 1.82) is 0 Å². The van der Waals surface area contributed by atoms with Crippen molar-refractivity contribution >= 4 is 56.8 Å². The molecule has 4 aromatic carbocycles. The zero-order valence-electron chi connectivity index (χ0n) is 23.1. The number of benzene rings is 4. The zero-order chi connectivity index (χ0) is 30.3. The van der Waals surface area contributed by atoms with Crippen LogP contribution in [0.5, 0.6) is 5.75 Å². The number of nitrogens with one attached hydrogen (secondary N) is 1.